The lowest BCUT2D eigenvalue weighted by molar-refractivity contribution is -0.133. The van der Waals surface area contributed by atoms with Crippen molar-refractivity contribution in [2.24, 2.45) is 5.73 Å². The summed E-state index contributed by atoms with van der Waals surface area (Å²) in [5.74, 6) is -0.0449. The van der Waals surface area contributed by atoms with E-state index in [4.69, 9.17) is 10.5 Å². The summed E-state index contributed by atoms with van der Waals surface area (Å²) in [5, 5.41) is 8.33. The van der Waals surface area contributed by atoms with Crippen molar-refractivity contribution in [3.05, 3.63) is 0 Å². The summed E-state index contributed by atoms with van der Waals surface area (Å²) in [4.78, 5) is 37.4. The Morgan fingerprint density at radius 1 is 1.14 bits per heavy atom. The molecule has 0 aromatic rings. The SMILES string of the molecule is CCNC(=O)NC1CCN(C(=O)C(N)CCCCNC(=O)OC(C)(C)C)CC1. The quantitative estimate of drug-likeness (QED) is 0.458. The van der Waals surface area contributed by atoms with Gasteiger partial charge in [0.2, 0.25) is 5.91 Å². The number of amides is 4. The van der Waals surface area contributed by atoms with Crippen LogP contribution in [-0.2, 0) is 9.53 Å². The fourth-order valence-corrected chi connectivity index (χ4v) is 2.99. The van der Waals surface area contributed by atoms with Crippen LogP contribution < -0.4 is 21.7 Å². The van der Waals surface area contributed by atoms with E-state index in [0.717, 1.165) is 25.7 Å². The molecule has 0 aromatic heterocycles. The maximum atomic E-state index is 12.5. The number of nitrogens with two attached hydrogens (primary N) is 1. The Morgan fingerprint density at radius 3 is 2.36 bits per heavy atom. The highest BCUT2D eigenvalue weighted by atomic mass is 16.6. The molecule has 1 unspecified atom stereocenters. The van der Waals surface area contributed by atoms with E-state index in [1.807, 2.05) is 27.7 Å². The number of hydrogen-bond donors (Lipinski definition) is 4. The third-order valence-electron chi connectivity index (χ3n) is 4.41. The van der Waals surface area contributed by atoms with Crippen LogP contribution in [0.3, 0.4) is 0 Å². The Labute approximate surface area is 168 Å². The third kappa shape index (κ3) is 9.77. The van der Waals surface area contributed by atoms with Gasteiger partial charge in [-0.25, -0.2) is 9.59 Å². The molecule has 1 aliphatic rings. The summed E-state index contributed by atoms with van der Waals surface area (Å²) in [5.41, 5.74) is 5.53. The van der Waals surface area contributed by atoms with Crippen molar-refractivity contribution < 1.29 is 19.1 Å². The fraction of sp³-hybridized carbons (Fsp3) is 0.842. The normalized spacial score (nSPS) is 16.2. The molecule has 1 fully saturated rings. The summed E-state index contributed by atoms with van der Waals surface area (Å²) in [6.45, 7) is 9.60. The van der Waals surface area contributed by atoms with Crippen molar-refractivity contribution in [2.45, 2.75) is 77.5 Å². The van der Waals surface area contributed by atoms with Crippen LogP contribution in [0.4, 0.5) is 9.59 Å². The van der Waals surface area contributed by atoms with E-state index in [9.17, 15) is 14.4 Å². The molecule has 0 aliphatic carbocycles. The van der Waals surface area contributed by atoms with Crippen LogP contribution in [0.2, 0.25) is 0 Å². The molecule has 1 atom stereocenters. The Kier molecular flexibility index (Phi) is 10.1. The van der Waals surface area contributed by atoms with Gasteiger partial charge in [-0.05, 0) is 59.8 Å². The van der Waals surface area contributed by atoms with Crippen LogP contribution >= 0.6 is 0 Å². The molecule has 9 nitrogen and oxygen atoms in total. The standard InChI is InChI=1S/C19H37N5O4/c1-5-21-17(26)23-14-9-12-24(13-10-14)16(25)15(20)8-6-7-11-22-18(27)28-19(2,3)4/h14-15H,5-13,20H2,1-4H3,(H,22,27)(H2,21,23,26). The molecule has 9 heteroatoms. The lowest BCUT2D eigenvalue weighted by Crippen LogP contribution is -2.52. The number of ether oxygens (including phenoxy) is 1. The van der Waals surface area contributed by atoms with Gasteiger partial charge in [-0.1, -0.05) is 0 Å². The minimum Gasteiger partial charge on any atom is -0.444 e. The minimum atomic E-state index is -0.533. The Bertz CT molecular complexity index is 513. The number of urea groups is 1. The van der Waals surface area contributed by atoms with Crippen molar-refractivity contribution >= 4 is 18.0 Å². The first-order chi connectivity index (χ1) is 13.1. The maximum absolute atomic E-state index is 12.5. The van der Waals surface area contributed by atoms with Gasteiger partial charge in [-0.15, -0.1) is 0 Å². The smallest absolute Gasteiger partial charge is 0.407 e. The molecular formula is C19H37N5O4. The molecule has 0 bridgehead atoms. The molecule has 1 heterocycles. The number of nitrogens with one attached hydrogen (secondary N) is 3. The van der Waals surface area contributed by atoms with Crippen LogP contribution in [0.5, 0.6) is 0 Å². The molecule has 0 aromatic carbocycles. The molecule has 0 saturated carbocycles. The van der Waals surface area contributed by atoms with E-state index in [2.05, 4.69) is 16.0 Å². The zero-order valence-electron chi connectivity index (χ0n) is 17.7. The third-order valence-corrected chi connectivity index (χ3v) is 4.41. The van der Waals surface area contributed by atoms with E-state index < -0.39 is 17.7 Å². The van der Waals surface area contributed by atoms with Gasteiger partial charge < -0.3 is 31.3 Å². The van der Waals surface area contributed by atoms with Crippen molar-refractivity contribution in [3.8, 4) is 0 Å². The second-order valence-corrected chi connectivity index (χ2v) is 8.13. The Hall–Kier alpha value is -2.03. The molecule has 0 spiro atoms. The highest BCUT2D eigenvalue weighted by Crippen LogP contribution is 2.13. The molecule has 5 N–H and O–H groups in total. The van der Waals surface area contributed by atoms with Crippen LogP contribution in [0.25, 0.3) is 0 Å². The van der Waals surface area contributed by atoms with Crippen LogP contribution in [0.1, 0.15) is 59.8 Å². The molecule has 1 saturated heterocycles. The average Bonchev–Trinajstić information content (AvgIpc) is 2.60. The van der Waals surface area contributed by atoms with Crippen LogP contribution in [0.15, 0.2) is 0 Å². The Balaban J connectivity index is 2.18. The van der Waals surface area contributed by atoms with Gasteiger partial charge in [-0.3, -0.25) is 4.79 Å². The average molecular weight is 400 g/mol. The number of carbonyl (C=O) groups is 3. The number of nitrogens with zero attached hydrogens (tertiary/aromatic N) is 1. The van der Waals surface area contributed by atoms with Gasteiger partial charge in [0.25, 0.3) is 0 Å². The number of hydrogen-bond acceptors (Lipinski definition) is 5. The van der Waals surface area contributed by atoms with Crippen molar-refractivity contribution in [2.75, 3.05) is 26.2 Å². The molecular weight excluding hydrogens is 362 g/mol. The first-order valence-electron chi connectivity index (χ1n) is 10.2. The maximum Gasteiger partial charge on any atom is 0.407 e. The van der Waals surface area contributed by atoms with Gasteiger partial charge in [-0.2, -0.15) is 0 Å². The van der Waals surface area contributed by atoms with Crippen LogP contribution in [0, 0.1) is 0 Å². The molecule has 28 heavy (non-hydrogen) atoms. The highest BCUT2D eigenvalue weighted by Gasteiger charge is 2.26. The van der Waals surface area contributed by atoms with E-state index in [1.54, 1.807) is 4.90 Å². The van der Waals surface area contributed by atoms with Gasteiger partial charge in [0.15, 0.2) is 0 Å². The summed E-state index contributed by atoms with van der Waals surface area (Å²) in [7, 11) is 0. The summed E-state index contributed by atoms with van der Waals surface area (Å²) < 4.78 is 5.16. The second-order valence-electron chi connectivity index (χ2n) is 8.13. The number of likely N-dealkylation sites (tertiary alicyclic amines) is 1. The fourth-order valence-electron chi connectivity index (χ4n) is 2.99. The van der Waals surface area contributed by atoms with E-state index in [0.29, 0.717) is 32.6 Å². The van der Waals surface area contributed by atoms with Gasteiger partial charge in [0, 0.05) is 32.2 Å². The van der Waals surface area contributed by atoms with Gasteiger partial charge in [0.1, 0.15) is 5.60 Å². The van der Waals surface area contributed by atoms with E-state index in [1.165, 1.54) is 0 Å². The molecule has 1 rings (SSSR count). The van der Waals surface area contributed by atoms with E-state index in [-0.39, 0.29) is 18.0 Å². The summed E-state index contributed by atoms with van der Waals surface area (Å²) in [6, 6.07) is -0.607. The zero-order chi connectivity index (χ0) is 21.2. The van der Waals surface area contributed by atoms with Crippen molar-refractivity contribution in [1.82, 2.24) is 20.9 Å². The molecule has 162 valence electrons. The van der Waals surface area contributed by atoms with Crippen molar-refractivity contribution in [3.63, 3.8) is 0 Å². The molecule has 1 aliphatic heterocycles. The van der Waals surface area contributed by atoms with Gasteiger partial charge >= 0.3 is 12.1 Å². The first kappa shape index (κ1) is 24.0. The first-order valence-corrected chi connectivity index (χ1v) is 10.2. The molecule has 0 radical (unpaired) electrons. The zero-order valence-corrected chi connectivity index (χ0v) is 17.7. The number of alkyl carbamates (subject to hydrolysis) is 1. The predicted molar refractivity (Wildman–Crippen MR) is 108 cm³/mol. The monoisotopic (exact) mass is 399 g/mol. The summed E-state index contributed by atoms with van der Waals surface area (Å²) >= 11 is 0. The number of unbranched alkanes of at least 4 members (excludes halogenated alkanes) is 1. The topological polar surface area (TPSA) is 126 Å². The largest absolute Gasteiger partial charge is 0.444 e. The van der Waals surface area contributed by atoms with Crippen molar-refractivity contribution in [1.29, 1.82) is 0 Å². The lowest BCUT2D eigenvalue weighted by atomic mass is 10.0. The minimum absolute atomic E-state index is 0.0449. The number of piperidine rings is 1. The lowest BCUT2D eigenvalue weighted by Gasteiger charge is -2.33. The van der Waals surface area contributed by atoms with Crippen LogP contribution in [-0.4, -0.2) is 66.8 Å². The highest BCUT2D eigenvalue weighted by molar-refractivity contribution is 5.81. The summed E-state index contributed by atoms with van der Waals surface area (Å²) in [6.07, 6.45) is 3.09. The number of rotatable bonds is 8. The molecule has 4 amide bonds. The Morgan fingerprint density at radius 2 is 1.79 bits per heavy atom. The predicted octanol–water partition coefficient (Wildman–Crippen LogP) is 1.32. The second kappa shape index (κ2) is 11.7. The van der Waals surface area contributed by atoms with Gasteiger partial charge in [0.05, 0.1) is 6.04 Å². The van der Waals surface area contributed by atoms with E-state index >= 15 is 0 Å². The number of carbonyl (C=O) groups excluding carboxylic acids is 3.